The standard InChI is InChI=1S/C31H39N7O5S/c1-18-13-14-21(29(39)34-23-16-22(31(3,4)5)17-24(27(23)43-6)36-44(7,41)42)15-25(18)38-28(32)26(35-37-38)30(40)33-19(2)20-11-9-8-10-12-20/h8-17,19,26,32,35-37H,1-7H3,(H,33,40)(H,34,39)/t19-,26?/m1/s1. The molecule has 12 nitrogen and oxygen atoms in total. The molecule has 234 valence electrons. The summed E-state index contributed by atoms with van der Waals surface area (Å²) in [5, 5.41) is 15.9. The van der Waals surface area contributed by atoms with Gasteiger partial charge >= 0.3 is 0 Å². The summed E-state index contributed by atoms with van der Waals surface area (Å²) in [6.07, 6.45) is 1.04. The van der Waals surface area contributed by atoms with Crippen molar-refractivity contribution in [2.45, 2.75) is 52.1 Å². The zero-order valence-corrected chi connectivity index (χ0v) is 26.6. The number of carbonyl (C=O) groups is 2. The topological polar surface area (TPSA) is 165 Å². The van der Waals surface area contributed by atoms with Crippen molar-refractivity contribution in [3.8, 4) is 5.75 Å². The summed E-state index contributed by atoms with van der Waals surface area (Å²) >= 11 is 0. The third-order valence-electron chi connectivity index (χ3n) is 7.17. The van der Waals surface area contributed by atoms with Crippen LogP contribution < -0.4 is 36.1 Å². The van der Waals surface area contributed by atoms with Crippen molar-refractivity contribution in [2.75, 3.05) is 28.4 Å². The first kappa shape index (κ1) is 32.5. The zero-order valence-electron chi connectivity index (χ0n) is 25.8. The van der Waals surface area contributed by atoms with Gasteiger partial charge in [0.15, 0.2) is 11.8 Å². The highest BCUT2D eigenvalue weighted by molar-refractivity contribution is 7.92. The monoisotopic (exact) mass is 621 g/mol. The lowest BCUT2D eigenvalue weighted by Crippen LogP contribution is -2.46. The first-order valence-electron chi connectivity index (χ1n) is 14.0. The minimum Gasteiger partial charge on any atom is -0.492 e. The molecule has 13 heteroatoms. The van der Waals surface area contributed by atoms with Crippen LogP contribution in [0.5, 0.6) is 5.75 Å². The van der Waals surface area contributed by atoms with Crippen LogP contribution in [0.15, 0.2) is 60.7 Å². The Bertz CT molecular complexity index is 1690. The van der Waals surface area contributed by atoms with E-state index in [1.165, 1.54) is 12.1 Å². The fourth-order valence-corrected chi connectivity index (χ4v) is 5.28. The molecule has 1 unspecified atom stereocenters. The number of amidine groups is 1. The molecule has 3 aromatic rings. The first-order chi connectivity index (χ1) is 20.6. The maximum absolute atomic E-state index is 13.6. The van der Waals surface area contributed by atoms with E-state index in [9.17, 15) is 18.0 Å². The number of benzene rings is 3. The normalized spacial score (nSPS) is 15.9. The molecule has 0 aliphatic carbocycles. The molecule has 0 aromatic heterocycles. The molecule has 0 radical (unpaired) electrons. The van der Waals surface area contributed by atoms with Crippen molar-refractivity contribution in [2.24, 2.45) is 0 Å². The molecule has 0 spiro atoms. The fourth-order valence-electron chi connectivity index (χ4n) is 4.72. The lowest BCUT2D eigenvalue weighted by Gasteiger charge is -2.24. The van der Waals surface area contributed by atoms with Gasteiger partial charge in [0.25, 0.3) is 5.91 Å². The largest absolute Gasteiger partial charge is 0.492 e. The molecule has 2 atom stereocenters. The minimum absolute atomic E-state index is 0.0422. The Morgan fingerprint density at radius 2 is 1.70 bits per heavy atom. The SMILES string of the molecule is COc1c(NC(=O)c2ccc(C)c(N3NNC(C(=O)N[C@H](C)c4ccccc4)C3=N)c2)cc(C(C)(C)C)cc1NS(C)(=O)=O. The van der Waals surface area contributed by atoms with Gasteiger partial charge < -0.3 is 15.4 Å². The number of nitrogens with one attached hydrogen (secondary N) is 6. The van der Waals surface area contributed by atoms with Gasteiger partial charge in [0.05, 0.1) is 36.5 Å². The average molecular weight is 622 g/mol. The molecule has 0 saturated carbocycles. The number of nitrogens with zero attached hydrogens (tertiary/aromatic N) is 1. The highest BCUT2D eigenvalue weighted by atomic mass is 32.2. The number of rotatable bonds is 9. The molecule has 4 rings (SSSR count). The molecule has 1 heterocycles. The van der Waals surface area contributed by atoms with Crippen molar-refractivity contribution >= 4 is 44.7 Å². The van der Waals surface area contributed by atoms with Crippen LogP contribution >= 0.6 is 0 Å². The van der Waals surface area contributed by atoms with Gasteiger partial charge in [-0.2, -0.15) is 5.53 Å². The zero-order chi connectivity index (χ0) is 32.4. The van der Waals surface area contributed by atoms with Crippen LogP contribution in [0.3, 0.4) is 0 Å². The second kappa shape index (κ2) is 12.6. The summed E-state index contributed by atoms with van der Waals surface area (Å²) in [6.45, 7) is 9.61. The summed E-state index contributed by atoms with van der Waals surface area (Å²) in [4.78, 5) is 26.6. The van der Waals surface area contributed by atoms with Crippen LogP contribution in [-0.4, -0.2) is 45.5 Å². The number of hydrogen-bond acceptors (Lipinski definition) is 8. The number of amides is 2. The molecule has 1 aliphatic rings. The van der Waals surface area contributed by atoms with E-state index in [1.807, 2.05) is 65.0 Å². The van der Waals surface area contributed by atoms with E-state index in [4.69, 9.17) is 10.1 Å². The van der Waals surface area contributed by atoms with Crippen molar-refractivity contribution in [3.63, 3.8) is 0 Å². The maximum Gasteiger partial charge on any atom is 0.255 e. The summed E-state index contributed by atoms with van der Waals surface area (Å²) in [6, 6.07) is 16.7. The van der Waals surface area contributed by atoms with Crippen LogP contribution in [0.1, 0.15) is 60.8 Å². The number of hydrazine groups is 2. The number of methoxy groups -OCH3 is 1. The number of sulfonamides is 1. The molecule has 1 saturated heterocycles. The van der Waals surface area contributed by atoms with E-state index in [1.54, 1.807) is 30.3 Å². The summed E-state index contributed by atoms with van der Waals surface area (Å²) in [7, 11) is -2.24. The molecule has 1 aliphatic heterocycles. The van der Waals surface area contributed by atoms with Gasteiger partial charge in [0, 0.05) is 5.56 Å². The Hall–Kier alpha value is -4.46. The quantitative estimate of drug-likeness (QED) is 0.209. The smallest absolute Gasteiger partial charge is 0.255 e. The molecular weight excluding hydrogens is 582 g/mol. The highest BCUT2D eigenvalue weighted by Crippen LogP contribution is 2.39. The Morgan fingerprint density at radius 3 is 2.32 bits per heavy atom. The predicted molar refractivity (Wildman–Crippen MR) is 173 cm³/mol. The van der Waals surface area contributed by atoms with Crippen molar-refractivity contribution < 1.29 is 22.7 Å². The summed E-state index contributed by atoms with van der Waals surface area (Å²) < 4.78 is 32.2. The second-order valence-corrected chi connectivity index (χ2v) is 13.5. The first-order valence-corrected chi connectivity index (χ1v) is 15.9. The summed E-state index contributed by atoms with van der Waals surface area (Å²) in [5.41, 5.74) is 9.09. The molecule has 6 N–H and O–H groups in total. The molecule has 1 fully saturated rings. The van der Waals surface area contributed by atoms with Crippen molar-refractivity contribution in [3.05, 3.63) is 82.9 Å². The number of aryl methyl sites for hydroxylation is 1. The van der Waals surface area contributed by atoms with Crippen LogP contribution in [0.2, 0.25) is 0 Å². The van der Waals surface area contributed by atoms with Crippen LogP contribution in [0.4, 0.5) is 17.1 Å². The molecule has 44 heavy (non-hydrogen) atoms. The Kier molecular flexibility index (Phi) is 9.33. The van der Waals surface area contributed by atoms with Gasteiger partial charge in [0.2, 0.25) is 15.9 Å². The van der Waals surface area contributed by atoms with Crippen molar-refractivity contribution in [1.29, 1.82) is 5.41 Å². The highest BCUT2D eigenvalue weighted by Gasteiger charge is 2.36. The van der Waals surface area contributed by atoms with Gasteiger partial charge in [-0.15, -0.1) is 0 Å². The van der Waals surface area contributed by atoms with E-state index < -0.39 is 22.0 Å². The number of carbonyl (C=O) groups excluding carboxylic acids is 2. The number of anilines is 3. The lowest BCUT2D eigenvalue weighted by atomic mass is 9.86. The predicted octanol–water partition coefficient (Wildman–Crippen LogP) is 3.98. The van der Waals surface area contributed by atoms with Crippen LogP contribution in [0.25, 0.3) is 0 Å². The van der Waals surface area contributed by atoms with Gasteiger partial charge in [-0.1, -0.05) is 57.2 Å². The maximum atomic E-state index is 13.6. The summed E-state index contributed by atoms with van der Waals surface area (Å²) in [5.74, 6) is -0.739. The average Bonchev–Trinajstić information content (AvgIpc) is 3.33. The Balaban J connectivity index is 1.58. The van der Waals surface area contributed by atoms with E-state index in [0.29, 0.717) is 5.69 Å². The van der Waals surface area contributed by atoms with Crippen LogP contribution in [0, 0.1) is 12.3 Å². The van der Waals surface area contributed by atoms with Gasteiger partial charge in [-0.05, 0) is 60.2 Å². The van der Waals surface area contributed by atoms with E-state index in [0.717, 1.165) is 22.9 Å². The third kappa shape index (κ3) is 7.36. The molecule has 0 bridgehead atoms. The minimum atomic E-state index is -3.64. The molecule has 3 aromatic carbocycles. The number of hydrogen-bond donors (Lipinski definition) is 6. The van der Waals surface area contributed by atoms with Gasteiger partial charge in [-0.3, -0.25) is 19.7 Å². The van der Waals surface area contributed by atoms with E-state index in [-0.39, 0.29) is 45.9 Å². The van der Waals surface area contributed by atoms with Crippen molar-refractivity contribution in [1.82, 2.24) is 16.3 Å². The van der Waals surface area contributed by atoms with E-state index >= 15 is 0 Å². The molecular formula is C31H39N7O5S. The van der Waals surface area contributed by atoms with Gasteiger partial charge in [-0.25, -0.2) is 18.9 Å². The fraction of sp³-hybridized carbons (Fsp3) is 0.323. The van der Waals surface area contributed by atoms with Crippen LogP contribution in [-0.2, 0) is 20.2 Å². The van der Waals surface area contributed by atoms with Gasteiger partial charge in [0.1, 0.15) is 5.84 Å². The molecule has 2 amide bonds. The third-order valence-corrected chi connectivity index (χ3v) is 7.76. The Morgan fingerprint density at radius 1 is 1.05 bits per heavy atom. The Labute approximate surface area is 258 Å². The second-order valence-electron chi connectivity index (χ2n) is 11.7. The van der Waals surface area contributed by atoms with E-state index in [2.05, 4.69) is 26.3 Å². The lowest BCUT2D eigenvalue weighted by molar-refractivity contribution is -0.122. The number of ether oxygens (including phenoxy) is 1.